The summed E-state index contributed by atoms with van der Waals surface area (Å²) in [7, 11) is 1.30. The minimum absolute atomic E-state index is 0.0880. The first kappa shape index (κ1) is 22.5. The van der Waals surface area contributed by atoms with Crippen LogP contribution < -0.4 is 10.1 Å². The summed E-state index contributed by atoms with van der Waals surface area (Å²) in [6.45, 7) is 1.58. The SMILES string of the molecule is COC(=CC(=O)O)C(C)Oc1ccc(Nc2ccc(C(F)(F)F)cc2[N+](=O)[O-])cc1. The number of methoxy groups -OCH3 is 1. The van der Waals surface area contributed by atoms with Gasteiger partial charge in [0.1, 0.15) is 17.2 Å². The highest BCUT2D eigenvalue weighted by atomic mass is 19.4. The summed E-state index contributed by atoms with van der Waals surface area (Å²) < 4.78 is 48.9. The maximum absolute atomic E-state index is 12.8. The summed E-state index contributed by atoms with van der Waals surface area (Å²) in [5, 5.41) is 22.6. The van der Waals surface area contributed by atoms with Crippen molar-refractivity contribution >= 4 is 23.0 Å². The molecular formula is C19H17F3N2O6. The minimum Gasteiger partial charge on any atom is -0.497 e. The summed E-state index contributed by atoms with van der Waals surface area (Å²) in [6, 6.07) is 8.19. The van der Waals surface area contributed by atoms with E-state index in [4.69, 9.17) is 14.6 Å². The van der Waals surface area contributed by atoms with Gasteiger partial charge < -0.3 is 19.9 Å². The van der Waals surface area contributed by atoms with Crippen molar-refractivity contribution in [1.29, 1.82) is 0 Å². The summed E-state index contributed by atoms with van der Waals surface area (Å²) in [4.78, 5) is 21.0. The quantitative estimate of drug-likeness (QED) is 0.271. The highest BCUT2D eigenvalue weighted by molar-refractivity contribution is 5.80. The van der Waals surface area contributed by atoms with E-state index < -0.39 is 34.4 Å². The minimum atomic E-state index is -4.70. The lowest BCUT2D eigenvalue weighted by Gasteiger charge is -2.17. The zero-order chi connectivity index (χ0) is 22.5. The van der Waals surface area contributed by atoms with E-state index in [0.717, 1.165) is 18.2 Å². The summed E-state index contributed by atoms with van der Waals surface area (Å²) in [5.41, 5.74) is -1.59. The number of halogens is 3. The Bertz CT molecular complexity index is 958. The highest BCUT2D eigenvalue weighted by Gasteiger charge is 2.33. The molecule has 0 aliphatic carbocycles. The van der Waals surface area contributed by atoms with Gasteiger partial charge in [-0.15, -0.1) is 0 Å². The van der Waals surface area contributed by atoms with Crippen LogP contribution in [-0.2, 0) is 15.7 Å². The average Bonchev–Trinajstić information content (AvgIpc) is 2.66. The van der Waals surface area contributed by atoms with E-state index in [0.29, 0.717) is 17.5 Å². The van der Waals surface area contributed by atoms with E-state index in [2.05, 4.69) is 5.32 Å². The smallest absolute Gasteiger partial charge is 0.416 e. The van der Waals surface area contributed by atoms with Gasteiger partial charge in [0, 0.05) is 11.8 Å². The molecule has 0 saturated heterocycles. The first-order valence-corrected chi connectivity index (χ1v) is 8.39. The van der Waals surface area contributed by atoms with Gasteiger partial charge in [-0.1, -0.05) is 0 Å². The molecule has 0 radical (unpaired) electrons. The predicted octanol–water partition coefficient (Wildman–Crippen LogP) is 4.74. The van der Waals surface area contributed by atoms with Crippen molar-refractivity contribution < 1.29 is 37.5 Å². The lowest BCUT2D eigenvalue weighted by molar-refractivity contribution is -0.384. The molecule has 2 aromatic rings. The molecule has 0 spiro atoms. The van der Waals surface area contributed by atoms with Crippen molar-refractivity contribution in [2.24, 2.45) is 0 Å². The number of nitrogens with one attached hydrogen (secondary N) is 1. The van der Waals surface area contributed by atoms with Gasteiger partial charge in [-0.25, -0.2) is 4.79 Å². The number of anilines is 2. The second kappa shape index (κ2) is 9.16. The summed E-state index contributed by atoms with van der Waals surface area (Å²) in [5.74, 6) is -0.756. The lowest BCUT2D eigenvalue weighted by Crippen LogP contribution is -2.17. The van der Waals surface area contributed by atoms with Crippen molar-refractivity contribution in [1.82, 2.24) is 0 Å². The molecule has 30 heavy (non-hydrogen) atoms. The van der Waals surface area contributed by atoms with Crippen LogP contribution in [-0.4, -0.2) is 29.2 Å². The molecule has 2 rings (SSSR count). The molecule has 0 aliphatic heterocycles. The van der Waals surface area contributed by atoms with Crippen LogP contribution in [0.4, 0.5) is 30.2 Å². The van der Waals surface area contributed by atoms with Crippen LogP contribution in [0.25, 0.3) is 0 Å². The summed E-state index contributed by atoms with van der Waals surface area (Å²) >= 11 is 0. The molecule has 160 valence electrons. The van der Waals surface area contributed by atoms with Crippen molar-refractivity contribution in [2.75, 3.05) is 12.4 Å². The number of rotatable bonds is 8. The van der Waals surface area contributed by atoms with Crippen LogP contribution in [0.1, 0.15) is 12.5 Å². The zero-order valence-corrected chi connectivity index (χ0v) is 15.8. The van der Waals surface area contributed by atoms with Crippen LogP contribution in [0.5, 0.6) is 5.75 Å². The molecule has 11 heteroatoms. The van der Waals surface area contributed by atoms with Gasteiger partial charge in [-0.3, -0.25) is 10.1 Å². The molecule has 0 bridgehead atoms. The van der Waals surface area contributed by atoms with Crippen LogP contribution in [0.3, 0.4) is 0 Å². The number of nitro groups is 1. The van der Waals surface area contributed by atoms with E-state index in [-0.39, 0.29) is 11.4 Å². The molecular weight excluding hydrogens is 409 g/mol. The van der Waals surface area contributed by atoms with Gasteiger partial charge in [0.15, 0.2) is 6.10 Å². The number of hydrogen-bond donors (Lipinski definition) is 2. The maximum Gasteiger partial charge on any atom is 0.416 e. The molecule has 0 heterocycles. The Labute approximate surface area is 168 Å². The number of alkyl halides is 3. The van der Waals surface area contributed by atoms with E-state index in [1.165, 1.54) is 31.4 Å². The Morgan fingerprint density at radius 2 is 1.87 bits per heavy atom. The van der Waals surface area contributed by atoms with Crippen molar-refractivity contribution in [3.05, 3.63) is 70.0 Å². The number of carboxylic acids is 1. The normalized spacial score (nSPS) is 12.8. The number of nitro benzene ring substituents is 1. The Morgan fingerprint density at radius 1 is 1.23 bits per heavy atom. The van der Waals surface area contributed by atoms with Gasteiger partial charge in [-0.2, -0.15) is 13.2 Å². The van der Waals surface area contributed by atoms with Crippen LogP contribution in [0.2, 0.25) is 0 Å². The predicted molar refractivity (Wildman–Crippen MR) is 101 cm³/mol. The number of ether oxygens (including phenoxy) is 2. The molecule has 2 aromatic carbocycles. The fourth-order valence-corrected chi connectivity index (χ4v) is 2.46. The second-order valence-corrected chi connectivity index (χ2v) is 5.99. The number of carbonyl (C=O) groups is 1. The van der Waals surface area contributed by atoms with E-state index in [9.17, 15) is 28.1 Å². The molecule has 0 aliphatic rings. The average molecular weight is 426 g/mol. The number of carboxylic acid groups (broad SMARTS) is 1. The number of hydrogen-bond acceptors (Lipinski definition) is 6. The number of nitrogens with zero attached hydrogens (tertiary/aromatic N) is 1. The van der Waals surface area contributed by atoms with Crippen LogP contribution >= 0.6 is 0 Å². The van der Waals surface area contributed by atoms with Crippen molar-refractivity contribution in [3.8, 4) is 5.75 Å². The fraction of sp³-hybridized carbons (Fsp3) is 0.211. The topological polar surface area (TPSA) is 111 Å². The Hall–Kier alpha value is -3.76. The molecule has 1 atom stereocenters. The van der Waals surface area contributed by atoms with E-state index in [1.54, 1.807) is 6.92 Å². The molecule has 2 N–H and O–H groups in total. The Morgan fingerprint density at radius 3 is 2.37 bits per heavy atom. The first-order valence-electron chi connectivity index (χ1n) is 8.39. The third kappa shape index (κ3) is 5.87. The lowest BCUT2D eigenvalue weighted by atomic mass is 10.1. The molecule has 8 nitrogen and oxygen atoms in total. The standard InChI is InChI=1S/C19H17F3N2O6/c1-11(17(29-2)10-18(25)26)30-14-6-4-13(5-7-14)23-15-8-3-12(19(20,21)22)9-16(15)24(27)28/h3-11,23H,1-2H3,(H,25,26). The van der Waals surface area contributed by atoms with Crippen molar-refractivity contribution in [2.45, 2.75) is 19.2 Å². The van der Waals surface area contributed by atoms with Gasteiger partial charge in [0.05, 0.1) is 23.7 Å². The maximum atomic E-state index is 12.8. The molecule has 0 amide bonds. The highest BCUT2D eigenvalue weighted by Crippen LogP contribution is 2.36. The number of aliphatic carboxylic acids is 1. The van der Waals surface area contributed by atoms with Crippen LogP contribution in [0, 0.1) is 10.1 Å². The van der Waals surface area contributed by atoms with E-state index >= 15 is 0 Å². The van der Waals surface area contributed by atoms with Gasteiger partial charge in [0.2, 0.25) is 0 Å². The zero-order valence-electron chi connectivity index (χ0n) is 15.8. The number of benzene rings is 2. The third-order valence-electron chi connectivity index (χ3n) is 3.87. The van der Waals surface area contributed by atoms with Gasteiger partial charge >= 0.3 is 12.1 Å². The van der Waals surface area contributed by atoms with Gasteiger partial charge in [0.25, 0.3) is 5.69 Å². The largest absolute Gasteiger partial charge is 0.497 e. The molecule has 0 fully saturated rings. The van der Waals surface area contributed by atoms with Gasteiger partial charge in [-0.05, 0) is 43.3 Å². The monoisotopic (exact) mass is 426 g/mol. The molecule has 1 unspecified atom stereocenters. The van der Waals surface area contributed by atoms with Crippen molar-refractivity contribution in [3.63, 3.8) is 0 Å². The molecule has 0 saturated carbocycles. The molecule has 0 aromatic heterocycles. The second-order valence-electron chi connectivity index (χ2n) is 5.99. The van der Waals surface area contributed by atoms with E-state index in [1.807, 2.05) is 0 Å². The Kier molecular flexibility index (Phi) is 6.88. The first-order chi connectivity index (χ1) is 14.0. The summed E-state index contributed by atoms with van der Waals surface area (Å²) in [6.07, 6.45) is -4.54. The Balaban J connectivity index is 2.18. The third-order valence-corrected chi connectivity index (χ3v) is 3.87. The van der Waals surface area contributed by atoms with Crippen LogP contribution in [0.15, 0.2) is 54.3 Å². The fourth-order valence-electron chi connectivity index (χ4n) is 2.46.